The van der Waals surface area contributed by atoms with E-state index in [-0.39, 0.29) is 5.82 Å². The molecule has 0 aliphatic carbocycles. The van der Waals surface area contributed by atoms with Crippen molar-refractivity contribution >= 4 is 17.7 Å². The molecule has 2 N–H and O–H groups in total. The van der Waals surface area contributed by atoms with Gasteiger partial charge in [0.1, 0.15) is 5.82 Å². The number of benzene rings is 1. The number of hydrogen-bond acceptors (Lipinski definition) is 3. The molecule has 0 amide bonds. The van der Waals surface area contributed by atoms with Crippen LogP contribution in [0.5, 0.6) is 0 Å². The minimum atomic E-state index is -0.134. The van der Waals surface area contributed by atoms with E-state index in [1.807, 2.05) is 37.7 Å². The maximum atomic E-state index is 13.6. The van der Waals surface area contributed by atoms with Crippen LogP contribution in [0.1, 0.15) is 29.4 Å². The third-order valence-electron chi connectivity index (χ3n) is 4.15. The van der Waals surface area contributed by atoms with Crippen LogP contribution in [0.3, 0.4) is 0 Å². The normalized spacial score (nSPS) is 11.7. The van der Waals surface area contributed by atoms with Crippen molar-refractivity contribution in [2.24, 2.45) is 12.0 Å². The third-order valence-corrected chi connectivity index (χ3v) is 5.16. The first-order valence-corrected chi connectivity index (χ1v) is 10.0. The summed E-state index contributed by atoms with van der Waals surface area (Å²) < 4.78 is 15.5. The predicted molar refractivity (Wildman–Crippen MR) is 108 cm³/mol. The number of aryl methyl sites for hydroxylation is 2. The minimum Gasteiger partial charge on any atom is -0.357 e. The number of aliphatic imine (C=N–C) groups is 1. The molecule has 1 aromatic heterocycles. The molecule has 0 aliphatic rings. The van der Waals surface area contributed by atoms with Crippen LogP contribution in [0.15, 0.2) is 29.3 Å². The van der Waals surface area contributed by atoms with Crippen LogP contribution >= 0.6 is 11.8 Å². The molecule has 5 nitrogen and oxygen atoms in total. The van der Waals surface area contributed by atoms with Gasteiger partial charge >= 0.3 is 0 Å². The Morgan fingerprint density at radius 2 is 2.04 bits per heavy atom. The number of thioether (sulfide) groups is 1. The Labute approximate surface area is 159 Å². The van der Waals surface area contributed by atoms with Crippen molar-refractivity contribution in [2.45, 2.75) is 33.1 Å². The average Bonchev–Trinajstić information content (AvgIpc) is 2.86. The molecule has 0 spiro atoms. The Kier molecular flexibility index (Phi) is 7.97. The van der Waals surface area contributed by atoms with E-state index >= 15 is 0 Å². The molecular weight excluding hydrogens is 349 g/mol. The molecule has 2 aromatic rings. The van der Waals surface area contributed by atoms with E-state index in [0.717, 1.165) is 41.8 Å². The smallest absolute Gasteiger partial charge is 0.191 e. The fourth-order valence-electron chi connectivity index (χ4n) is 2.59. The summed E-state index contributed by atoms with van der Waals surface area (Å²) in [5, 5.41) is 11.0. The maximum absolute atomic E-state index is 13.6. The molecule has 142 valence electrons. The molecule has 26 heavy (non-hydrogen) atoms. The topological polar surface area (TPSA) is 54.2 Å². The fraction of sp³-hybridized carbons (Fsp3) is 0.474. The standard InChI is InChI=1S/C19H28FN5S/c1-5-21-19(23-12-17-14(2)24-25(4)15(17)3)22-10-11-26-13-16-8-6-7-9-18(16)20/h6-9H,5,10-13H2,1-4H3,(H2,21,22,23). The highest BCUT2D eigenvalue weighted by Gasteiger charge is 2.09. The zero-order chi connectivity index (χ0) is 18.9. The average molecular weight is 378 g/mol. The van der Waals surface area contributed by atoms with E-state index in [1.54, 1.807) is 17.8 Å². The van der Waals surface area contributed by atoms with Gasteiger partial charge in [-0.2, -0.15) is 16.9 Å². The summed E-state index contributed by atoms with van der Waals surface area (Å²) in [6.45, 7) is 8.30. The molecule has 0 bridgehead atoms. The lowest BCUT2D eigenvalue weighted by molar-refractivity contribution is 0.617. The predicted octanol–water partition coefficient (Wildman–Crippen LogP) is 3.16. The largest absolute Gasteiger partial charge is 0.357 e. The first-order valence-electron chi connectivity index (χ1n) is 8.85. The van der Waals surface area contributed by atoms with Gasteiger partial charge < -0.3 is 10.6 Å². The van der Waals surface area contributed by atoms with Crippen LogP contribution in [-0.4, -0.2) is 34.6 Å². The van der Waals surface area contributed by atoms with Crippen molar-refractivity contribution < 1.29 is 4.39 Å². The number of guanidine groups is 1. The Morgan fingerprint density at radius 3 is 2.69 bits per heavy atom. The Hall–Kier alpha value is -2.02. The minimum absolute atomic E-state index is 0.134. The van der Waals surface area contributed by atoms with Crippen molar-refractivity contribution in [3.8, 4) is 0 Å². The number of nitrogens with one attached hydrogen (secondary N) is 2. The van der Waals surface area contributed by atoms with Crippen LogP contribution in [0.2, 0.25) is 0 Å². The molecule has 0 saturated carbocycles. The van der Waals surface area contributed by atoms with E-state index in [4.69, 9.17) is 0 Å². The summed E-state index contributed by atoms with van der Waals surface area (Å²) >= 11 is 1.70. The van der Waals surface area contributed by atoms with Gasteiger partial charge in [0.15, 0.2) is 5.96 Å². The van der Waals surface area contributed by atoms with Gasteiger partial charge in [-0.3, -0.25) is 4.68 Å². The molecule has 0 radical (unpaired) electrons. The molecular formula is C19H28FN5S. The highest BCUT2D eigenvalue weighted by atomic mass is 32.2. The molecule has 0 saturated heterocycles. The van der Waals surface area contributed by atoms with Gasteiger partial charge in [-0.25, -0.2) is 9.38 Å². The maximum Gasteiger partial charge on any atom is 0.191 e. The highest BCUT2D eigenvalue weighted by Crippen LogP contribution is 2.15. The van der Waals surface area contributed by atoms with Gasteiger partial charge in [-0.05, 0) is 32.4 Å². The van der Waals surface area contributed by atoms with Gasteiger partial charge in [0, 0.05) is 42.9 Å². The van der Waals surface area contributed by atoms with E-state index in [9.17, 15) is 4.39 Å². The summed E-state index contributed by atoms with van der Waals surface area (Å²) in [7, 11) is 1.95. The second kappa shape index (κ2) is 10.2. The van der Waals surface area contributed by atoms with Crippen molar-refractivity contribution in [3.63, 3.8) is 0 Å². The quantitative estimate of drug-likeness (QED) is 0.422. The summed E-state index contributed by atoms with van der Waals surface area (Å²) in [4.78, 5) is 4.66. The van der Waals surface area contributed by atoms with Crippen molar-refractivity contribution in [1.82, 2.24) is 20.4 Å². The number of aromatic nitrogens is 2. The van der Waals surface area contributed by atoms with E-state index in [0.29, 0.717) is 12.3 Å². The summed E-state index contributed by atoms with van der Waals surface area (Å²) in [5.74, 6) is 2.21. The lowest BCUT2D eigenvalue weighted by atomic mass is 10.2. The van der Waals surface area contributed by atoms with Crippen LogP contribution < -0.4 is 10.6 Å². The molecule has 0 fully saturated rings. The van der Waals surface area contributed by atoms with E-state index in [2.05, 4.69) is 27.6 Å². The molecule has 1 aromatic carbocycles. The second-order valence-electron chi connectivity index (χ2n) is 6.04. The Balaban J connectivity index is 1.81. The van der Waals surface area contributed by atoms with Gasteiger partial charge in [0.25, 0.3) is 0 Å². The summed E-state index contributed by atoms with van der Waals surface area (Å²) in [6.07, 6.45) is 0. The highest BCUT2D eigenvalue weighted by molar-refractivity contribution is 7.98. The first kappa shape index (κ1) is 20.3. The van der Waals surface area contributed by atoms with Crippen LogP contribution in [-0.2, 0) is 19.3 Å². The van der Waals surface area contributed by atoms with Crippen LogP contribution in [0.4, 0.5) is 4.39 Å². The zero-order valence-electron chi connectivity index (χ0n) is 16.0. The number of nitrogens with zero attached hydrogens (tertiary/aromatic N) is 3. The number of hydrogen-bond donors (Lipinski definition) is 2. The van der Waals surface area contributed by atoms with Gasteiger partial charge in [0.05, 0.1) is 12.2 Å². The van der Waals surface area contributed by atoms with Crippen molar-refractivity contribution in [2.75, 3.05) is 18.8 Å². The van der Waals surface area contributed by atoms with Gasteiger partial charge in [-0.15, -0.1) is 0 Å². The molecule has 2 rings (SSSR count). The molecule has 0 atom stereocenters. The summed E-state index contributed by atoms with van der Waals surface area (Å²) in [6, 6.07) is 6.93. The van der Waals surface area contributed by atoms with Crippen LogP contribution in [0, 0.1) is 19.7 Å². The number of rotatable bonds is 8. The van der Waals surface area contributed by atoms with Crippen LogP contribution in [0.25, 0.3) is 0 Å². The molecule has 0 unspecified atom stereocenters. The van der Waals surface area contributed by atoms with E-state index in [1.165, 1.54) is 11.6 Å². The SMILES string of the molecule is CCNC(=NCc1c(C)nn(C)c1C)NCCSCc1ccccc1F. The van der Waals surface area contributed by atoms with Gasteiger partial charge in [-0.1, -0.05) is 18.2 Å². The monoisotopic (exact) mass is 377 g/mol. The lowest BCUT2D eigenvalue weighted by Crippen LogP contribution is -2.38. The zero-order valence-corrected chi connectivity index (χ0v) is 16.8. The lowest BCUT2D eigenvalue weighted by Gasteiger charge is -2.11. The Bertz CT molecular complexity index is 742. The van der Waals surface area contributed by atoms with Crippen molar-refractivity contribution in [1.29, 1.82) is 0 Å². The van der Waals surface area contributed by atoms with Crippen molar-refractivity contribution in [3.05, 3.63) is 52.6 Å². The third kappa shape index (κ3) is 5.76. The molecule has 0 aliphatic heterocycles. The second-order valence-corrected chi connectivity index (χ2v) is 7.14. The first-order chi connectivity index (χ1) is 12.5. The van der Waals surface area contributed by atoms with Gasteiger partial charge in [0.2, 0.25) is 0 Å². The fourth-order valence-corrected chi connectivity index (χ4v) is 3.43. The van der Waals surface area contributed by atoms with E-state index < -0.39 is 0 Å². The Morgan fingerprint density at radius 1 is 1.27 bits per heavy atom. The molecule has 7 heteroatoms. The number of halogens is 1. The summed E-state index contributed by atoms with van der Waals surface area (Å²) in [5.41, 5.74) is 4.08. The molecule has 1 heterocycles.